The SMILES string of the molecule is COc1cc([N+](=O)[O-])ccc1N=Nc1cc2c(cc1OC)N(CCCC(=O)ON1C(=O)CCC1=O)C(C)(C)CC2C. The van der Waals surface area contributed by atoms with E-state index in [9.17, 15) is 24.5 Å². The average molecular weight is 568 g/mol. The molecule has 13 heteroatoms. The van der Waals surface area contributed by atoms with Gasteiger partial charge in [-0.15, -0.1) is 15.3 Å². The molecular weight excluding hydrogens is 534 g/mol. The fourth-order valence-corrected chi connectivity index (χ4v) is 5.32. The zero-order valence-corrected chi connectivity index (χ0v) is 23.7. The van der Waals surface area contributed by atoms with Crippen LogP contribution in [0.5, 0.6) is 11.5 Å². The lowest BCUT2D eigenvalue weighted by atomic mass is 9.79. The van der Waals surface area contributed by atoms with Crippen LogP contribution in [0.25, 0.3) is 0 Å². The second-order valence-electron chi connectivity index (χ2n) is 10.6. The normalized spacial score (nSPS) is 18.0. The maximum atomic E-state index is 12.4. The topological polar surface area (TPSA) is 153 Å². The van der Waals surface area contributed by atoms with Crippen LogP contribution in [0.2, 0.25) is 0 Å². The average Bonchev–Trinajstić information content (AvgIpc) is 3.24. The molecule has 0 aromatic heterocycles. The van der Waals surface area contributed by atoms with E-state index in [4.69, 9.17) is 14.3 Å². The monoisotopic (exact) mass is 567 g/mol. The Labute approximate surface area is 237 Å². The highest BCUT2D eigenvalue weighted by atomic mass is 16.7. The van der Waals surface area contributed by atoms with Crippen molar-refractivity contribution < 1.29 is 33.6 Å². The number of nitro groups is 1. The van der Waals surface area contributed by atoms with Gasteiger partial charge in [0.25, 0.3) is 17.5 Å². The Hall–Kier alpha value is -4.55. The van der Waals surface area contributed by atoms with Gasteiger partial charge in [0.1, 0.15) is 17.1 Å². The highest BCUT2D eigenvalue weighted by molar-refractivity contribution is 6.01. The highest BCUT2D eigenvalue weighted by Crippen LogP contribution is 2.48. The second kappa shape index (κ2) is 11.9. The summed E-state index contributed by atoms with van der Waals surface area (Å²) in [5.41, 5.74) is 2.44. The predicted octanol–water partition coefficient (Wildman–Crippen LogP) is 5.51. The molecule has 2 heterocycles. The van der Waals surface area contributed by atoms with E-state index in [0.29, 0.717) is 35.2 Å². The number of benzene rings is 2. The van der Waals surface area contributed by atoms with E-state index < -0.39 is 22.7 Å². The molecule has 0 bridgehead atoms. The number of hydrogen-bond acceptors (Lipinski definition) is 11. The Balaban J connectivity index is 1.55. The molecule has 1 fully saturated rings. The number of amides is 2. The van der Waals surface area contributed by atoms with Crippen LogP contribution < -0.4 is 14.4 Å². The van der Waals surface area contributed by atoms with Crippen molar-refractivity contribution in [3.05, 3.63) is 46.0 Å². The van der Waals surface area contributed by atoms with Gasteiger partial charge in [-0.2, -0.15) is 0 Å². The lowest BCUT2D eigenvalue weighted by Crippen LogP contribution is -2.49. The van der Waals surface area contributed by atoms with Crippen LogP contribution in [0.4, 0.5) is 22.7 Å². The first-order chi connectivity index (χ1) is 19.4. The summed E-state index contributed by atoms with van der Waals surface area (Å²) in [4.78, 5) is 53.6. The molecule has 2 aliphatic rings. The number of ether oxygens (including phenoxy) is 2. The van der Waals surface area contributed by atoms with Crippen molar-refractivity contribution in [1.29, 1.82) is 0 Å². The third-order valence-corrected chi connectivity index (χ3v) is 7.29. The molecule has 2 aromatic carbocycles. The van der Waals surface area contributed by atoms with Gasteiger partial charge < -0.3 is 19.2 Å². The molecule has 4 rings (SSSR count). The molecule has 2 aliphatic heterocycles. The molecule has 2 aromatic rings. The lowest BCUT2D eigenvalue weighted by Gasteiger charge is -2.47. The summed E-state index contributed by atoms with van der Waals surface area (Å²) in [6.45, 7) is 6.92. The van der Waals surface area contributed by atoms with Gasteiger partial charge in [0.2, 0.25) is 0 Å². The van der Waals surface area contributed by atoms with Crippen molar-refractivity contribution in [2.45, 2.75) is 64.3 Å². The summed E-state index contributed by atoms with van der Waals surface area (Å²) in [5.74, 6) is -0.757. The van der Waals surface area contributed by atoms with Crippen LogP contribution in [0.3, 0.4) is 0 Å². The number of nitro benzene ring substituents is 1. The zero-order valence-electron chi connectivity index (χ0n) is 23.7. The van der Waals surface area contributed by atoms with Crippen LogP contribution >= 0.6 is 0 Å². The summed E-state index contributed by atoms with van der Waals surface area (Å²) in [7, 11) is 2.94. The van der Waals surface area contributed by atoms with Crippen molar-refractivity contribution in [2.24, 2.45) is 10.2 Å². The van der Waals surface area contributed by atoms with Crippen molar-refractivity contribution in [2.75, 3.05) is 25.7 Å². The smallest absolute Gasteiger partial charge is 0.333 e. The van der Waals surface area contributed by atoms with E-state index in [2.05, 4.69) is 35.9 Å². The minimum absolute atomic E-state index is 0.0367. The van der Waals surface area contributed by atoms with Gasteiger partial charge in [0.05, 0.1) is 25.2 Å². The molecule has 1 saturated heterocycles. The number of azo groups is 1. The van der Waals surface area contributed by atoms with Gasteiger partial charge in [-0.3, -0.25) is 19.7 Å². The van der Waals surface area contributed by atoms with Crippen molar-refractivity contribution in [3.8, 4) is 11.5 Å². The standard InChI is InChI=1S/C28H33N5O8/c1-17-16-28(2,3)31(12-6-7-27(36)41-32-25(34)10-11-26(32)35)22-15-24(40-5)21(14-19(17)22)30-29-20-9-8-18(33(37)38)13-23(20)39-4/h8-9,13-15,17H,6-7,10-12,16H2,1-5H3. The van der Waals surface area contributed by atoms with E-state index in [-0.39, 0.29) is 42.2 Å². The first kappa shape index (κ1) is 29.4. The van der Waals surface area contributed by atoms with Crippen molar-refractivity contribution in [1.82, 2.24) is 5.06 Å². The largest absolute Gasteiger partial charge is 0.494 e. The molecule has 218 valence electrons. The number of hydroxylamine groups is 2. The Morgan fingerprint density at radius 3 is 2.32 bits per heavy atom. The summed E-state index contributed by atoms with van der Waals surface area (Å²) < 4.78 is 10.9. The van der Waals surface area contributed by atoms with Gasteiger partial charge in [0, 0.05) is 49.2 Å². The number of methoxy groups -OCH3 is 2. The Morgan fingerprint density at radius 2 is 1.68 bits per heavy atom. The fourth-order valence-electron chi connectivity index (χ4n) is 5.32. The molecule has 1 unspecified atom stereocenters. The van der Waals surface area contributed by atoms with Crippen LogP contribution in [-0.2, 0) is 19.2 Å². The third kappa shape index (κ3) is 6.28. The fraction of sp³-hybridized carbons (Fsp3) is 0.464. The van der Waals surface area contributed by atoms with E-state index >= 15 is 0 Å². The Kier molecular flexibility index (Phi) is 8.55. The lowest BCUT2D eigenvalue weighted by molar-refractivity contribution is -0.384. The summed E-state index contributed by atoms with van der Waals surface area (Å²) in [6.07, 6.45) is 1.41. The van der Waals surface area contributed by atoms with Gasteiger partial charge in [-0.05, 0) is 50.3 Å². The molecule has 13 nitrogen and oxygen atoms in total. The number of hydrogen-bond donors (Lipinski definition) is 0. The highest BCUT2D eigenvalue weighted by Gasteiger charge is 2.37. The van der Waals surface area contributed by atoms with E-state index in [0.717, 1.165) is 17.7 Å². The number of nitrogens with zero attached hydrogens (tertiary/aromatic N) is 5. The summed E-state index contributed by atoms with van der Waals surface area (Å²) in [5, 5.41) is 20.3. The van der Waals surface area contributed by atoms with E-state index in [1.165, 1.54) is 32.4 Å². The number of carbonyl (C=O) groups excluding carboxylic acids is 3. The van der Waals surface area contributed by atoms with Crippen LogP contribution in [0, 0.1) is 10.1 Å². The number of carbonyl (C=O) groups is 3. The van der Waals surface area contributed by atoms with Gasteiger partial charge in [0.15, 0.2) is 5.75 Å². The summed E-state index contributed by atoms with van der Waals surface area (Å²) >= 11 is 0. The first-order valence-corrected chi connectivity index (χ1v) is 13.3. The molecule has 41 heavy (non-hydrogen) atoms. The number of anilines is 1. The molecule has 0 aliphatic carbocycles. The van der Waals surface area contributed by atoms with E-state index in [1.807, 2.05) is 12.1 Å². The molecule has 0 N–H and O–H groups in total. The maximum absolute atomic E-state index is 12.4. The predicted molar refractivity (Wildman–Crippen MR) is 148 cm³/mol. The maximum Gasteiger partial charge on any atom is 0.333 e. The van der Waals surface area contributed by atoms with E-state index in [1.54, 1.807) is 0 Å². The molecule has 0 radical (unpaired) electrons. The molecular formula is C28H33N5O8. The minimum atomic E-state index is -0.632. The Morgan fingerprint density at radius 1 is 1.05 bits per heavy atom. The van der Waals surface area contributed by atoms with Crippen molar-refractivity contribution >= 4 is 40.5 Å². The molecule has 0 saturated carbocycles. The summed E-state index contributed by atoms with van der Waals surface area (Å²) in [6, 6.07) is 7.91. The van der Waals surface area contributed by atoms with Crippen molar-refractivity contribution in [3.63, 3.8) is 0 Å². The molecule has 0 spiro atoms. The minimum Gasteiger partial charge on any atom is -0.494 e. The van der Waals surface area contributed by atoms with Gasteiger partial charge in [-0.25, -0.2) is 4.79 Å². The second-order valence-corrected chi connectivity index (χ2v) is 10.6. The number of non-ortho nitro benzene ring substituents is 1. The number of fused-ring (bicyclic) bond motifs is 1. The third-order valence-electron chi connectivity index (χ3n) is 7.29. The molecule has 2 amide bonds. The van der Waals surface area contributed by atoms with Gasteiger partial charge >= 0.3 is 5.97 Å². The quantitative estimate of drug-likeness (QED) is 0.156. The van der Waals surface area contributed by atoms with Crippen LogP contribution in [0.15, 0.2) is 40.6 Å². The molecule has 1 atom stereocenters. The van der Waals surface area contributed by atoms with Crippen LogP contribution in [-0.4, -0.2) is 54.1 Å². The Bertz CT molecular complexity index is 1390. The first-order valence-electron chi connectivity index (χ1n) is 13.3. The van der Waals surface area contributed by atoms with Crippen LogP contribution in [0.1, 0.15) is 64.4 Å². The zero-order chi connectivity index (χ0) is 29.9. The number of rotatable bonds is 10. The number of imide groups is 1. The van der Waals surface area contributed by atoms with Gasteiger partial charge in [-0.1, -0.05) is 6.92 Å².